The van der Waals surface area contributed by atoms with Crippen LogP contribution in [0.3, 0.4) is 0 Å². The predicted molar refractivity (Wildman–Crippen MR) is 83.6 cm³/mol. The fourth-order valence-electron chi connectivity index (χ4n) is 2.22. The van der Waals surface area contributed by atoms with Crippen LogP contribution in [0, 0.1) is 0 Å². The molecule has 100 valence electrons. The van der Waals surface area contributed by atoms with E-state index in [4.69, 9.17) is 0 Å². The molecule has 0 saturated carbocycles. The van der Waals surface area contributed by atoms with Crippen LogP contribution in [0.15, 0.2) is 70.0 Å². The summed E-state index contributed by atoms with van der Waals surface area (Å²) in [6.45, 7) is 3.75. The van der Waals surface area contributed by atoms with Crippen molar-refractivity contribution < 1.29 is 4.79 Å². The van der Waals surface area contributed by atoms with E-state index in [9.17, 15) is 4.79 Å². The average Bonchev–Trinajstić information content (AvgIpc) is 2.51. The Labute approximate surface area is 123 Å². The van der Waals surface area contributed by atoms with Gasteiger partial charge in [-0.25, -0.2) is 0 Å². The van der Waals surface area contributed by atoms with Gasteiger partial charge in [-0.2, -0.15) is 0 Å². The molecule has 2 nitrogen and oxygen atoms in total. The minimum atomic E-state index is 0.0349. The fraction of sp³-hybridized carbons (Fsp3) is 0.118. The third kappa shape index (κ3) is 2.04. The number of fused-ring (bicyclic) bond motifs is 2. The highest BCUT2D eigenvalue weighted by Crippen LogP contribution is 2.48. The molecule has 0 radical (unpaired) electrons. The lowest BCUT2D eigenvalue weighted by Crippen LogP contribution is -2.28. The Morgan fingerprint density at radius 2 is 1.50 bits per heavy atom. The van der Waals surface area contributed by atoms with Gasteiger partial charge >= 0.3 is 0 Å². The Kier molecular flexibility index (Phi) is 3.36. The molecular formula is C17H15NOS. The van der Waals surface area contributed by atoms with Crippen LogP contribution in [0.1, 0.15) is 13.8 Å². The van der Waals surface area contributed by atoms with Crippen LogP contribution in [-0.2, 0) is 4.79 Å². The van der Waals surface area contributed by atoms with Crippen LogP contribution < -0.4 is 4.90 Å². The third-order valence-electron chi connectivity index (χ3n) is 3.41. The lowest BCUT2D eigenvalue weighted by Gasteiger charge is -2.31. The summed E-state index contributed by atoms with van der Waals surface area (Å²) in [5.41, 5.74) is 2.67. The van der Waals surface area contributed by atoms with Crippen LogP contribution >= 0.6 is 11.8 Å². The van der Waals surface area contributed by atoms with Crippen molar-refractivity contribution in [3.8, 4) is 0 Å². The highest BCUT2D eigenvalue weighted by atomic mass is 32.2. The van der Waals surface area contributed by atoms with Crippen molar-refractivity contribution in [2.75, 3.05) is 4.90 Å². The Balaban J connectivity index is 2.20. The van der Waals surface area contributed by atoms with Crippen LogP contribution in [0.2, 0.25) is 0 Å². The molecule has 0 unspecified atom stereocenters. The molecule has 0 aliphatic carbocycles. The number of benzene rings is 2. The molecule has 0 atom stereocenters. The molecule has 3 rings (SSSR count). The smallest absolute Gasteiger partial charge is 0.258 e. The van der Waals surface area contributed by atoms with E-state index in [1.165, 1.54) is 0 Å². The normalized spacial score (nSPS) is 13.7. The van der Waals surface area contributed by atoms with Gasteiger partial charge in [-0.05, 0) is 38.1 Å². The van der Waals surface area contributed by atoms with E-state index in [2.05, 4.69) is 12.1 Å². The van der Waals surface area contributed by atoms with Crippen molar-refractivity contribution in [1.29, 1.82) is 0 Å². The van der Waals surface area contributed by atoms with Crippen molar-refractivity contribution >= 4 is 29.0 Å². The number of carbonyl (C=O) groups is 1. The molecule has 1 aliphatic rings. The van der Waals surface area contributed by atoms with Crippen molar-refractivity contribution in [1.82, 2.24) is 0 Å². The van der Waals surface area contributed by atoms with Gasteiger partial charge in [0.15, 0.2) is 0 Å². The molecular weight excluding hydrogens is 266 g/mol. The standard InChI is InChI=1S/C17H15NOS/c1-3-12(2)17(19)18-13-8-4-6-10-15(13)20-16-11-7-5-9-14(16)18/h3-11H,1-2H3/b12-3+. The summed E-state index contributed by atoms with van der Waals surface area (Å²) in [7, 11) is 0. The topological polar surface area (TPSA) is 20.3 Å². The number of hydrogen-bond donors (Lipinski definition) is 0. The number of rotatable bonds is 1. The van der Waals surface area contributed by atoms with Gasteiger partial charge in [0.05, 0.1) is 11.4 Å². The van der Waals surface area contributed by atoms with Crippen molar-refractivity contribution in [2.45, 2.75) is 23.6 Å². The van der Waals surface area contributed by atoms with Crippen LogP contribution in [0.25, 0.3) is 0 Å². The molecule has 1 aliphatic heterocycles. The molecule has 0 saturated heterocycles. The molecule has 1 heterocycles. The first kappa shape index (κ1) is 13.0. The van der Waals surface area contributed by atoms with Crippen molar-refractivity contribution in [2.24, 2.45) is 0 Å². The first-order valence-electron chi connectivity index (χ1n) is 6.55. The average molecular weight is 281 g/mol. The van der Waals surface area contributed by atoms with Crippen molar-refractivity contribution in [3.63, 3.8) is 0 Å². The number of allylic oxidation sites excluding steroid dienone is 1. The maximum Gasteiger partial charge on any atom is 0.258 e. The molecule has 3 heteroatoms. The van der Waals surface area contributed by atoms with Gasteiger partial charge in [0, 0.05) is 15.4 Å². The molecule has 2 aromatic rings. The SMILES string of the molecule is C/C=C(\C)C(=O)N1c2ccccc2Sc2ccccc21. The van der Waals surface area contributed by atoms with E-state index in [1.807, 2.05) is 61.2 Å². The highest BCUT2D eigenvalue weighted by Gasteiger charge is 2.28. The summed E-state index contributed by atoms with van der Waals surface area (Å²) in [6.07, 6.45) is 1.86. The van der Waals surface area contributed by atoms with Crippen LogP contribution in [-0.4, -0.2) is 5.91 Å². The second-order valence-electron chi connectivity index (χ2n) is 4.65. The summed E-state index contributed by atoms with van der Waals surface area (Å²) in [6, 6.07) is 16.1. The second kappa shape index (κ2) is 5.17. The van der Waals surface area contributed by atoms with Crippen molar-refractivity contribution in [3.05, 3.63) is 60.2 Å². The molecule has 0 spiro atoms. The molecule has 0 bridgehead atoms. The number of anilines is 2. The van der Waals surface area contributed by atoms with Gasteiger partial charge in [0.2, 0.25) is 0 Å². The van der Waals surface area contributed by atoms with Gasteiger partial charge < -0.3 is 0 Å². The lowest BCUT2D eigenvalue weighted by atomic mass is 10.1. The lowest BCUT2D eigenvalue weighted by molar-refractivity contribution is -0.114. The number of hydrogen-bond acceptors (Lipinski definition) is 2. The Hall–Kier alpha value is -2.00. The summed E-state index contributed by atoms with van der Waals surface area (Å²) >= 11 is 1.71. The largest absolute Gasteiger partial charge is 0.275 e. The number of para-hydroxylation sites is 2. The molecule has 0 fully saturated rings. The zero-order chi connectivity index (χ0) is 14.1. The zero-order valence-corrected chi connectivity index (χ0v) is 12.3. The molecule has 2 aromatic carbocycles. The monoisotopic (exact) mass is 281 g/mol. The molecule has 0 aromatic heterocycles. The molecule has 0 N–H and O–H groups in total. The van der Waals surface area contributed by atoms with E-state index in [0.717, 1.165) is 26.7 Å². The van der Waals surface area contributed by atoms with E-state index >= 15 is 0 Å². The van der Waals surface area contributed by atoms with Gasteiger partial charge in [0.1, 0.15) is 0 Å². The second-order valence-corrected chi connectivity index (χ2v) is 5.73. The Morgan fingerprint density at radius 3 is 2.00 bits per heavy atom. The summed E-state index contributed by atoms with van der Waals surface area (Å²) in [5.74, 6) is 0.0349. The van der Waals surface area contributed by atoms with E-state index in [1.54, 1.807) is 11.8 Å². The maximum atomic E-state index is 12.7. The van der Waals surface area contributed by atoms with Gasteiger partial charge in [-0.1, -0.05) is 42.1 Å². The number of carbonyl (C=O) groups excluding carboxylic acids is 1. The number of amides is 1. The minimum Gasteiger partial charge on any atom is -0.275 e. The van der Waals surface area contributed by atoms with E-state index in [0.29, 0.717) is 0 Å². The highest BCUT2D eigenvalue weighted by molar-refractivity contribution is 7.99. The Bertz CT molecular complexity index is 660. The quantitative estimate of drug-likeness (QED) is 0.701. The summed E-state index contributed by atoms with van der Waals surface area (Å²) in [5, 5.41) is 0. The van der Waals surface area contributed by atoms with E-state index in [-0.39, 0.29) is 5.91 Å². The summed E-state index contributed by atoms with van der Waals surface area (Å²) in [4.78, 5) is 16.7. The van der Waals surface area contributed by atoms with Gasteiger partial charge in [0.25, 0.3) is 5.91 Å². The van der Waals surface area contributed by atoms with Gasteiger partial charge in [-0.3, -0.25) is 9.69 Å². The Morgan fingerprint density at radius 1 is 1.00 bits per heavy atom. The van der Waals surface area contributed by atoms with Gasteiger partial charge in [-0.15, -0.1) is 0 Å². The zero-order valence-electron chi connectivity index (χ0n) is 11.5. The van der Waals surface area contributed by atoms with Crippen LogP contribution in [0.5, 0.6) is 0 Å². The van der Waals surface area contributed by atoms with Crippen LogP contribution in [0.4, 0.5) is 11.4 Å². The molecule has 20 heavy (non-hydrogen) atoms. The fourth-order valence-corrected chi connectivity index (χ4v) is 3.28. The van der Waals surface area contributed by atoms with E-state index < -0.39 is 0 Å². The first-order chi connectivity index (χ1) is 9.72. The number of nitrogens with zero attached hydrogens (tertiary/aromatic N) is 1. The maximum absolute atomic E-state index is 12.7. The predicted octanol–water partition coefficient (Wildman–Crippen LogP) is 4.78. The summed E-state index contributed by atoms with van der Waals surface area (Å²) < 4.78 is 0. The third-order valence-corrected chi connectivity index (χ3v) is 4.54. The first-order valence-corrected chi connectivity index (χ1v) is 7.37. The molecule has 1 amide bonds. The minimum absolute atomic E-state index is 0.0349.